The van der Waals surface area contributed by atoms with E-state index in [0.29, 0.717) is 22.1 Å². The predicted octanol–water partition coefficient (Wildman–Crippen LogP) is 1.84. The fraction of sp³-hybridized carbons (Fsp3) is 0.222. The number of anilines is 2. The molecule has 9 nitrogen and oxygen atoms in total. The zero-order valence-corrected chi connectivity index (χ0v) is 14.7. The summed E-state index contributed by atoms with van der Waals surface area (Å²) in [6.07, 6.45) is 0. The second-order valence-electron chi connectivity index (χ2n) is 6.10. The van der Waals surface area contributed by atoms with E-state index in [2.05, 4.69) is 15.5 Å². The highest BCUT2D eigenvalue weighted by Gasteiger charge is 2.33. The monoisotopic (exact) mass is 371 g/mol. The number of nitrogens with one attached hydrogen (secondary N) is 2. The zero-order chi connectivity index (χ0) is 19.7. The summed E-state index contributed by atoms with van der Waals surface area (Å²) < 4.78 is 0. The summed E-state index contributed by atoms with van der Waals surface area (Å²) >= 11 is 0. The molecule has 0 radical (unpaired) electrons. The van der Waals surface area contributed by atoms with Gasteiger partial charge >= 0.3 is 0 Å². The van der Waals surface area contributed by atoms with E-state index >= 15 is 0 Å². The average Bonchev–Trinajstić information content (AvgIpc) is 2.58. The van der Waals surface area contributed by atoms with E-state index in [0.717, 1.165) is 4.90 Å². The third-order valence-corrected chi connectivity index (χ3v) is 4.05. The molecule has 0 bridgehead atoms. The van der Waals surface area contributed by atoms with Crippen LogP contribution in [0.3, 0.4) is 0 Å². The second-order valence-corrected chi connectivity index (χ2v) is 6.10. The Hall–Kier alpha value is -3.30. The van der Waals surface area contributed by atoms with Crippen molar-refractivity contribution in [3.63, 3.8) is 0 Å². The van der Waals surface area contributed by atoms with E-state index in [1.54, 1.807) is 12.1 Å². The maximum Gasteiger partial charge on any atom is 0.261 e. The normalized spacial score (nSPS) is 13.1. The van der Waals surface area contributed by atoms with Crippen LogP contribution in [0.1, 0.15) is 34.6 Å². The van der Waals surface area contributed by atoms with E-state index < -0.39 is 11.8 Å². The van der Waals surface area contributed by atoms with Gasteiger partial charge in [0.05, 0.1) is 17.7 Å². The maximum absolute atomic E-state index is 12.8. The van der Waals surface area contributed by atoms with E-state index in [1.807, 2.05) is 0 Å². The van der Waals surface area contributed by atoms with Gasteiger partial charge in [0.1, 0.15) is 6.61 Å². The molecule has 4 amide bonds. The van der Waals surface area contributed by atoms with E-state index in [9.17, 15) is 19.2 Å². The molecule has 0 atom stereocenters. The molecule has 0 spiro atoms. The molecule has 0 saturated heterocycles. The van der Waals surface area contributed by atoms with Crippen LogP contribution in [0.25, 0.3) is 10.8 Å². The summed E-state index contributed by atoms with van der Waals surface area (Å²) in [6.45, 7) is 2.28. The fourth-order valence-electron chi connectivity index (χ4n) is 3.12. The third kappa shape index (κ3) is 3.50. The van der Waals surface area contributed by atoms with Crippen molar-refractivity contribution in [2.75, 3.05) is 23.8 Å². The molecule has 2 aromatic carbocycles. The fourth-order valence-corrected chi connectivity index (χ4v) is 3.12. The smallest absolute Gasteiger partial charge is 0.261 e. The topological polar surface area (TPSA) is 125 Å². The lowest BCUT2D eigenvalue weighted by Gasteiger charge is -2.27. The van der Waals surface area contributed by atoms with Crippen molar-refractivity contribution in [3.05, 3.63) is 35.4 Å². The molecular formula is C18H17N3O6. The molecule has 1 aliphatic rings. The van der Waals surface area contributed by atoms with E-state index in [4.69, 9.17) is 5.26 Å². The summed E-state index contributed by atoms with van der Waals surface area (Å²) in [4.78, 5) is 53.4. The quantitative estimate of drug-likeness (QED) is 0.418. The summed E-state index contributed by atoms with van der Waals surface area (Å²) in [5, 5.41) is 14.8. The minimum Gasteiger partial charge on any atom is -0.326 e. The van der Waals surface area contributed by atoms with Gasteiger partial charge < -0.3 is 10.6 Å². The molecule has 140 valence electrons. The van der Waals surface area contributed by atoms with Crippen molar-refractivity contribution in [2.45, 2.75) is 13.8 Å². The van der Waals surface area contributed by atoms with Gasteiger partial charge in [-0.3, -0.25) is 29.3 Å². The predicted molar refractivity (Wildman–Crippen MR) is 96.5 cm³/mol. The van der Waals surface area contributed by atoms with E-state index in [1.165, 1.54) is 26.0 Å². The molecule has 1 heterocycles. The Labute approximate surface area is 153 Å². The Morgan fingerprint density at radius 1 is 0.963 bits per heavy atom. The molecule has 3 rings (SSSR count). The molecule has 0 unspecified atom stereocenters. The van der Waals surface area contributed by atoms with Crippen LogP contribution in [0.5, 0.6) is 0 Å². The van der Waals surface area contributed by atoms with Gasteiger partial charge in [-0.05, 0) is 29.7 Å². The number of rotatable bonds is 5. The number of hydrogen-bond donors (Lipinski definition) is 3. The first-order valence-electron chi connectivity index (χ1n) is 8.11. The number of imide groups is 1. The Balaban J connectivity index is 2.24. The molecular weight excluding hydrogens is 354 g/mol. The van der Waals surface area contributed by atoms with Crippen molar-refractivity contribution in [1.82, 2.24) is 4.90 Å². The van der Waals surface area contributed by atoms with E-state index in [-0.39, 0.29) is 36.1 Å². The molecule has 0 aliphatic carbocycles. The van der Waals surface area contributed by atoms with Gasteiger partial charge in [-0.25, -0.2) is 4.89 Å². The zero-order valence-electron chi connectivity index (χ0n) is 14.7. The van der Waals surface area contributed by atoms with Crippen LogP contribution in [0.4, 0.5) is 11.4 Å². The number of nitrogens with zero attached hydrogens (tertiary/aromatic N) is 1. The summed E-state index contributed by atoms with van der Waals surface area (Å²) in [5.74, 6) is -1.75. The first-order chi connectivity index (χ1) is 12.8. The van der Waals surface area contributed by atoms with Crippen LogP contribution in [0, 0.1) is 0 Å². The van der Waals surface area contributed by atoms with Crippen molar-refractivity contribution >= 4 is 45.8 Å². The lowest BCUT2D eigenvalue weighted by Crippen LogP contribution is -2.42. The van der Waals surface area contributed by atoms with Crippen molar-refractivity contribution in [3.8, 4) is 0 Å². The number of hydrogen-bond acceptors (Lipinski definition) is 6. The van der Waals surface area contributed by atoms with Gasteiger partial charge in [0.2, 0.25) is 11.8 Å². The SMILES string of the molecule is CC(=O)Nc1cc2c3c(cc(NC(C)=O)cc3c1)C(=O)N(CCOO)C2=O. The Morgan fingerprint density at radius 2 is 1.44 bits per heavy atom. The lowest BCUT2D eigenvalue weighted by atomic mass is 9.92. The molecule has 0 fully saturated rings. The second kappa shape index (κ2) is 7.14. The summed E-state index contributed by atoms with van der Waals surface area (Å²) in [5.41, 5.74) is 1.24. The van der Waals surface area contributed by atoms with Crippen LogP contribution in [-0.2, 0) is 14.5 Å². The molecule has 2 aromatic rings. The highest BCUT2D eigenvalue weighted by atomic mass is 17.1. The number of benzene rings is 2. The Kier molecular flexibility index (Phi) is 4.89. The largest absolute Gasteiger partial charge is 0.326 e. The maximum atomic E-state index is 12.8. The Bertz CT molecular complexity index is 914. The van der Waals surface area contributed by atoms with Crippen LogP contribution < -0.4 is 10.6 Å². The van der Waals surface area contributed by atoms with Crippen molar-refractivity contribution < 1.29 is 29.3 Å². The van der Waals surface area contributed by atoms with Gasteiger partial charge in [0, 0.05) is 30.6 Å². The van der Waals surface area contributed by atoms with Gasteiger partial charge in [0.15, 0.2) is 0 Å². The van der Waals surface area contributed by atoms with Crippen LogP contribution in [0.15, 0.2) is 24.3 Å². The molecule has 1 aliphatic heterocycles. The summed E-state index contributed by atoms with van der Waals surface area (Å²) in [6, 6.07) is 6.24. The standard InChI is InChI=1S/C18H17N3O6/c1-9(22)19-12-5-11-6-13(20-10(2)23)8-15-16(11)14(7-12)17(24)21(18(15)25)3-4-27-26/h5-8,26H,3-4H2,1-2H3,(H,19,22)(H,20,23). The van der Waals surface area contributed by atoms with Gasteiger partial charge in [-0.2, -0.15) is 0 Å². The van der Waals surface area contributed by atoms with Gasteiger partial charge in [-0.15, -0.1) is 0 Å². The highest BCUT2D eigenvalue weighted by Crippen LogP contribution is 2.35. The van der Waals surface area contributed by atoms with Crippen LogP contribution >= 0.6 is 0 Å². The first kappa shape index (κ1) is 18.5. The van der Waals surface area contributed by atoms with Gasteiger partial charge in [0.25, 0.3) is 11.8 Å². The van der Waals surface area contributed by atoms with Crippen LogP contribution in [0.2, 0.25) is 0 Å². The number of carbonyl (C=O) groups is 4. The first-order valence-corrected chi connectivity index (χ1v) is 8.11. The highest BCUT2D eigenvalue weighted by molar-refractivity contribution is 6.26. The minimum atomic E-state index is -0.561. The van der Waals surface area contributed by atoms with Crippen molar-refractivity contribution in [2.24, 2.45) is 0 Å². The number of carbonyl (C=O) groups excluding carboxylic acids is 4. The molecule has 27 heavy (non-hydrogen) atoms. The molecule has 9 heteroatoms. The lowest BCUT2D eigenvalue weighted by molar-refractivity contribution is -0.242. The van der Waals surface area contributed by atoms with Gasteiger partial charge in [-0.1, -0.05) is 0 Å². The third-order valence-electron chi connectivity index (χ3n) is 4.05. The summed E-state index contributed by atoms with van der Waals surface area (Å²) in [7, 11) is 0. The molecule has 0 aromatic heterocycles. The Morgan fingerprint density at radius 3 is 1.85 bits per heavy atom. The van der Waals surface area contributed by atoms with Crippen molar-refractivity contribution in [1.29, 1.82) is 0 Å². The van der Waals surface area contributed by atoms with Crippen LogP contribution in [-0.4, -0.2) is 46.9 Å². The minimum absolute atomic E-state index is 0.149. The molecule has 3 N–H and O–H groups in total. The molecule has 0 saturated carbocycles. The number of amides is 4. The average molecular weight is 371 g/mol.